The Balaban J connectivity index is 1.79. The second-order valence-corrected chi connectivity index (χ2v) is 5.67. The first-order valence-electron chi connectivity index (χ1n) is 7.22. The van der Waals surface area contributed by atoms with Gasteiger partial charge < -0.3 is 9.88 Å². The molecule has 0 saturated carbocycles. The van der Waals surface area contributed by atoms with E-state index in [1.165, 1.54) is 18.5 Å². The van der Waals surface area contributed by atoms with Crippen molar-refractivity contribution in [1.29, 1.82) is 0 Å². The van der Waals surface area contributed by atoms with Crippen molar-refractivity contribution in [2.75, 3.05) is 26.2 Å². The van der Waals surface area contributed by atoms with Crippen LogP contribution in [0, 0.1) is 5.82 Å². The predicted molar refractivity (Wildman–Crippen MR) is 78.7 cm³/mol. The normalized spacial score (nSPS) is 16.9. The molecule has 6 heteroatoms. The number of fused-ring (bicyclic) bond motifs is 1. The van der Waals surface area contributed by atoms with Crippen LogP contribution >= 0.6 is 0 Å². The summed E-state index contributed by atoms with van der Waals surface area (Å²) in [6.07, 6.45) is 1.50. The molecule has 2 aromatic rings. The molecule has 1 aliphatic heterocycles. The Morgan fingerprint density at radius 1 is 1.29 bits per heavy atom. The lowest BCUT2D eigenvalue weighted by molar-refractivity contribution is 0.0591. The summed E-state index contributed by atoms with van der Waals surface area (Å²) in [5, 5.41) is 0. The summed E-state index contributed by atoms with van der Waals surface area (Å²) < 4.78 is 14.1. The van der Waals surface area contributed by atoms with E-state index in [-0.39, 0.29) is 11.5 Å². The van der Waals surface area contributed by atoms with Crippen LogP contribution in [0.5, 0.6) is 0 Å². The minimum absolute atomic E-state index is 0.104. The summed E-state index contributed by atoms with van der Waals surface area (Å²) in [5.74, 6) is -0.746. The molecule has 0 radical (unpaired) electrons. The third-order valence-electron chi connectivity index (χ3n) is 4.07. The number of carbonyl (C=O) groups is 1. The Hall–Kier alpha value is -1.95. The number of benzene rings is 1. The number of piperazine rings is 1. The lowest BCUT2D eigenvalue weighted by Crippen LogP contribution is -2.50. The molecule has 1 amide bonds. The van der Waals surface area contributed by atoms with E-state index >= 15 is 0 Å². The van der Waals surface area contributed by atoms with E-state index in [0.717, 1.165) is 13.1 Å². The van der Waals surface area contributed by atoms with Crippen molar-refractivity contribution in [2.24, 2.45) is 0 Å². The molecule has 1 N–H and O–H groups in total. The first-order chi connectivity index (χ1) is 10.1. The molecule has 0 aliphatic carbocycles. The molecule has 5 nitrogen and oxygen atoms in total. The van der Waals surface area contributed by atoms with Gasteiger partial charge in [0.05, 0.1) is 22.9 Å². The van der Waals surface area contributed by atoms with E-state index in [1.54, 1.807) is 4.90 Å². The Morgan fingerprint density at radius 3 is 2.67 bits per heavy atom. The number of hydrogen-bond acceptors (Lipinski definition) is 3. The molecule has 0 spiro atoms. The first kappa shape index (κ1) is 14.0. The van der Waals surface area contributed by atoms with Crippen molar-refractivity contribution in [2.45, 2.75) is 19.9 Å². The summed E-state index contributed by atoms with van der Waals surface area (Å²) in [5.41, 5.74) is 1.32. The molecule has 0 bridgehead atoms. The van der Waals surface area contributed by atoms with Crippen molar-refractivity contribution in [3.8, 4) is 0 Å². The molecule has 1 aromatic heterocycles. The average molecular weight is 290 g/mol. The number of H-pyrrole nitrogens is 1. The van der Waals surface area contributed by atoms with Crippen LogP contribution in [0.1, 0.15) is 24.2 Å². The average Bonchev–Trinajstić information content (AvgIpc) is 2.93. The van der Waals surface area contributed by atoms with Crippen molar-refractivity contribution < 1.29 is 9.18 Å². The van der Waals surface area contributed by atoms with Gasteiger partial charge in [0.2, 0.25) is 0 Å². The fraction of sp³-hybridized carbons (Fsp3) is 0.467. The number of carbonyl (C=O) groups excluding carboxylic acids is 1. The maximum Gasteiger partial charge on any atom is 0.256 e. The van der Waals surface area contributed by atoms with Crippen LogP contribution in [0.4, 0.5) is 4.39 Å². The Kier molecular flexibility index (Phi) is 3.63. The molecule has 0 unspecified atom stereocenters. The molecule has 3 rings (SSSR count). The van der Waals surface area contributed by atoms with Crippen LogP contribution < -0.4 is 0 Å². The largest absolute Gasteiger partial charge is 0.345 e. The quantitative estimate of drug-likeness (QED) is 0.918. The molecule has 2 heterocycles. The molecule has 1 fully saturated rings. The second kappa shape index (κ2) is 5.44. The SMILES string of the molecule is CC(C)N1CCN(C(=O)c2cc3nc[nH]c3cc2F)CC1. The van der Waals surface area contributed by atoms with Gasteiger partial charge in [0.1, 0.15) is 5.82 Å². The summed E-state index contributed by atoms with van der Waals surface area (Å²) in [6.45, 7) is 7.21. The fourth-order valence-electron chi connectivity index (χ4n) is 2.73. The fourth-order valence-corrected chi connectivity index (χ4v) is 2.73. The molecule has 1 aliphatic rings. The Bertz CT molecular complexity index is 659. The molecule has 112 valence electrons. The number of amides is 1. The van der Waals surface area contributed by atoms with E-state index in [0.29, 0.717) is 30.2 Å². The van der Waals surface area contributed by atoms with Gasteiger partial charge >= 0.3 is 0 Å². The second-order valence-electron chi connectivity index (χ2n) is 5.67. The smallest absolute Gasteiger partial charge is 0.256 e. The van der Waals surface area contributed by atoms with Crippen LogP contribution in [-0.2, 0) is 0 Å². The molecule has 21 heavy (non-hydrogen) atoms. The van der Waals surface area contributed by atoms with Gasteiger partial charge in [0.25, 0.3) is 5.91 Å². The Labute approximate surface area is 122 Å². The zero-order valence-electron chi connectivity index (χ0n) is 12.3. The lowest BCUT2D eigenvalue weighted by Gasteiger charge is -2.37. The van der Waals surface area contributed by atoms with Gasteiger partial charge in [-0.05, 0) is 19.9 Å². The number of imidazole rings is 1. The van der Waals surface area contributed by atoms with Crippen molar-refractivity contribution in [3.63, 3.8) is 0 Å². The van der Waals surface area contributed by atoms with Crippen LogP contribution in [0.3, 0.4) is 0 Å². The van der Waals surface area contributed by atoms with Gasteiger partial charge in [-0.15, -0.1) is 0 Å². The highest BCUT2D eigenvalue weighted by Gasteiger charge is 2.25. The van der Waals surface area contributed by atoms with Crippen LogP contribution in [-0.4, -0.2) is 57.9 Å². The van der Waals surface area contributed by atoms with E-state index in [2.05, 4.69) is 28.7 Å². The number of aromatic nitrogens is 2. The van der Waals surface area contributed by atoms with Gasteiger partial charge in [-0.2, -0.15) is 0 Å². The van der Waals surface area contributed by atoms with E-state index < -0.39 is 5.82 Å². The summed E-state index contributed by atoms with van der Waals surface area (Å²) >= 11 is 0. The zero-order chi connectivity index (χ0) is 15.0. The van der Waals surface area contributed by atoms with Gasteiger partial charge in [-0.25, -0.2) is 9.37 Å². The van der Waals surface area contributed by atoms with Crippen LogP contribution in [0.25, 0.3) is 11.0 Å². The van der Waals surface area contributed by atoms with Crippen molar-refractivity contribution in [3.05, 3.63) is 29.8 Å². The minimum Gasteiger partial charge on any atom is -0.345 e. The van der Waals surface area contributed by atoms with Crippen molar-refractivity contribution >= 4 is 16.9 Å². The van der Waals surface area contributed by atoms with E-state index in [9.17, 15) is 9.18 Å². The standard InChI is InChI=1S/C15H19FN4O/c1-10(2)19-3-5-20(6-4-19)15(21)11-7-13-14(8-12(11)16)18-9-17-13/h7-10H,3-6H2,1-2H3,(H,17,18). The van der Waals surface area contributed by atoms with Gasteiger partial charge in [-0.1, -0.05) is 0 Å². The number of hydrogen-bond donors (Lipinski definition) is 1. The summed E-state index contributed by atoms with van der Waals surface area (Å²) in [7, 11) is 0. The molecule has 1 aromatic carbocycles. The maximum atomic E-state index is 14.1. The number of nitrogens with zero attached hydrogens (tertiary/aromatic N) is 3. The number of aromatic amines is 1. The molecular weight excluding hydrogens is 271 g/mol. The van der Waals surface area contributed by atoms with Gasteiger partial charge in [0.15, 0.2) is 0 Å². The highest BCUT2D eigenvalue weighted by molar-refractivity contribution is 5.97. The number of rotatable bonds is 2. The topological polar surface area (TPSA) is 52.2 Å². The van der Waals surface area contributed by atoms with E-state index in [1.807, 2.05) is 0 Å². The summed E-state index contributed by atoms with van der Waals surface area (Å²) in [4.78, 5) is 23.5. The predicted octanol–water partition coefficient (Wildman–Crippen LogP) is 1.87. The third-order valence-corrected chi connectivity index (χ3v) is 4.07. The molecular formula is C15H19FN4O. The monoisotopic (exact) mass is 290 g/mol. The molecule has 1 saturated heterocycles. The third kappa shape index (κ3) is 2.63. The number of halogens is 1. The lowest BCUT2D eigenvalue weighted by atomic mass is 10.1. The zero-order valence-corrected chi connectivity index (χ0v) is 12.3. The van der Waals surface area contributed by atoms with Crippen LogP contribution in [0.15, 0.2) is 18.5 Å². The molecule has 0 atom stereocenters. The first-order valence-corrected chi connectivity index (χ1v) is 7.22. The highest BCUT2D eigenvalue weighted by atomic mass is 19.1. The van der Waals surface area contributed by atoms with Gasteiger partial charge in [-0.3, -0.25) is 9.69 Å². The van der Waals surface area contributed by atoms with Crippen LogP contribution in [0.2, 0.25) is 0 Å². The van der Waals surface area contributed by atoms with E-state index in [4.69, 9.17) is 0 Å². The summed E-state index contributed by atoms with van der Waals surface area (Å²) in [6, 6.07) is 3.33. The van der Waals surface area contributed by atoms with Gasteiger partial charge in [0, 0.05) is 38.3 Å². The Morgan fingerprint density at radius 2 is 2.00 bits per heavy atom. The highest BCUT2D eigenvalue weighted by Crippen LogP contribution is 2.19. The number of nitrogens with one attached hydrogen (secondary N) is 1. The minimum atomic E-state index is -0.497. The maximum absolute atomic E-state index is 14.1. The van der Waals surface area contributed by atoms with Crippen molar-refractivity contribution in [1.82, 2.24) is 19.8 Å².